The number of hydrogen-bond donors (Lipinski definition) is 1. The molecule has 17 heavy (non-hydrogen) atoms. The van der Waals surface area contributed by atoms with E-state index in [4.69, 9.17) is 5.73 Å². The molecular formula is C13H11FN2O. The largest absolute Gasteiger partial charge is 0.364 e. The highest BCUT2D eigenvalue weighted by molar-refractivity contribution is 5.90. The molecule has 0 radical (unpaired) electrons. The van der Waals surface area contributed by atoms with E-state index in [0.29, 0.717) is 6.42 Å². The van der Waals surface area contributed by atoms with E-state index in [-0.39, 0.29) is 11.5 Å². The van der Waals surface area contributed by atoms with Gasteiger partial charge in [0.2, 0.25) is 0 Å². The Labute approximate surface area is 98.1 Å². The molecule has 0 saturated heterocycles. The van der Waals surface area contributed by atoms with Gasteiger partial charge in [0.1, 0.15) is 11.5 Å². The number of halogens is 1. The van der Waals surface area contributed by atoms with Gasteiger partial charge in [-0.15, -0.1) is 0 Å². The number of benzene rings is 1. The average molecular weight is 230 g/mol. The minimum Gasteiger partial charge on any atom is -0.364 e. The van der Waals surface area contributed by atoms with Crippen molar-refractivity contribution in [2.24, 2.45) is 5.73 Å². The van der Waals surface area contributed by atoms with Crippen molar-refractivity contribution < 1.29 is 9.18 Å². The van der Waals surface area contributed by atoms with Crippen LogP contribution >= 0.6 is 0 Å². The zero-order chi connectivity index (χ0) is 12.3. The summed E-state index contributed by atoms with van der Waals surface area (Å²) < 4.78 is 12.7. The minimum absolute atomic E-state index is 0.240. The fraction of sp³-hybridized carbons (Fsp3) is 0.0769. The number of carbonyl (C=O) groups is 1. The molecule has 0 aliphatic heterocycles. The molecule has 1 aromatic heterocycles. The van der Waals surface area contributed by atoms with E-state index >= 15 is 0 Å². The second kappa shape index (κ2) is 4.74. The van der Waals surface area contributed by atoms with Crippen molar-refractivity contribution in [3.8, 4) is 0 Å². The molecule has 3 nitrogen and oxygen atoms in total. The van der Waals surface area contributed by atoms with Crippen LogP contribution in [0, 0.1) is 5.82 Å². The number of aromatic nitrogens is 1. The topological polar surface area (TPSA) is 56.0 Å². The third kappa shape index (κ3) is 2.87. The van der Waals surface area contributed by atoms with Gasteiger partial charge in [-0.2, -0.15) is 0 Å². The Balaban J connectivity index is 2.21. The van der Waals surface area contributed by atoms with Gasteiger partial charge in [-0.3, -0.25) is 9.78 Å². The highest BCUT2D eigenvalue weighted by Gasteiger charge is 2.03. The van der Waals surface area contributed by atoms with Gasteiger partial charge < -0.3 is 5.73 Å². The fourth-order valence-corrected chi connectivity index (χ4v) is 1.56. The first-order valence-electron chi connectivity index (χ1n) is 5.14. The summed E-state index contributed by atoms with van der Waals surface area (Å²) in [6.07, 6.45) is 2.15. The van der Waals surface area contributed by atoms with E-state index in [2.05, 4.69) is 4.98 Å². The quantitative estimate of drug-likeness (QED) is 0.875. The van der Waals surface area contributed by atoms with Crippen molar-refractivity contribution in [2.75, 3.05) is 0 Å². The van der Waals surface area contributed by atoms with Crippen LogP contribution in [-0.4, -0.2) is 10.9 Å². The Bertz CT molecular complexity index is 537. The van der Waals surface area contributed by atoms with Gasteiger partial charge in [-0.25, -0.2) is 4.39 Å². The number of nitrogens with zero attached hydrogens (tertiary/aromatic N) is 1. The lowest BCUT2D eigenvalue weighted by Crippen LogP contribution is -2.13. The number of primary amides is 1. The van der Waals surface area contributed by atoms with Crippen molar-refractivity contribution in [3.63, 3.8) is 0 Å². The second-order valence-electron chi connectivity index (χ2n) is 3.72. The molecule has 86 valence electrons. The van der Waals surface area contributed by atoms with Crippen LogP contribution in [-0.2, 0) is 6.42 Å². The lowest BCUT2D eigenvalue weighted by atomic mass is 10.1. The van der Waals surface area contributed by atoms with Crippen LogP contribution in [0.4, 0.5) is 4.39 Å². The number of nitrogens with two attached hydrogens (primary N) is 1. The van der Waals surface area contributed by atoms with E-state index in [1.165, 1.54) is 12.1 Å². The Morgan fingerprint density at radius 2 is 1.88 bits per heavy atom. The highest BCUT2D eigenvalue weighted by Crippen LogP contribution is 2.10. The SMILES string of the molecule is NC(=O)c1cc(Cc2ccc(F)cc2)ccn1. The van der Waals surface area contributed by atoms with Gasteiger partial charge in [0.05, 0.1) is 0 Å². The molecule has 1 amide bonds. The summed E-state index contributed by atoms with van der Waals surface area (Å²) in [5, 5.41) is 0. The zero-order valence-electron chi connectivity index (χ0n) is 9.06. The van der Waals surface area contributed by atoms with E-state index in [1.54, 1.807) is 30.5 Å². The maximum atomic E-state index is 12.7. The zero-order valence-corrected chi connectivity index (χ0v) is 9.06. The van der Waals surface area contributed by atoms with Crippen molar-refractivity contribution >= 4 is 5.91 Å². The summed E-state index contributed by atoms with van der Waals surface area (Å²) in [6, 6.07) is 9.68. The third-order valence-corrected chi connectivity index (χ3v) is 2.40. The fourth-order valence-electron chi connectivity index (χ4n) is 1.56. The summed E-state index contributed by atoms with van der Waals surface area (Å²) in [5.41, 5.74) is 7.27. The second-order valence-corrected chi connectivity index (χ2v) is 3.72. The van der Waals surface area contributed by atoms with Crippen molar-refractivity contribution in [1.82, 2.24) is 4.98 Å². The third-order valence-electron chi connectivity index (χ3n) is 2.40. The molecule has 2 N–H and O–H groups in total. The number of rotatable bonds is 3. The summed E-state index contributed by atoms with van der Waals surface area (Å²) in [7, 11) is 0. The summed E-state index contributed by atoms with van der Waals surface area (Å²) in [6.45, 7) is 0. The summed E-state index contributed by atoms with van der Waals surface area (Å²) in [5.74, 6) is -0.813. The van der Waals surface area contributed by atoms with E-state index in [0.717, 1.165) is 11.1 Å². The molecule has 0 unspecified atom stereocenters. The van der Waals surface area contributed by atoms with E-state index < -0.39 is 5.91 Å². The van der Waals surface area contributed by atoms with E-state index in [1.807, 2.05) is 0 Å². The first kappa shape index (κ1) is 11.3. The molecule has 0 fully saturated rings. The first-order chi connectivity index (χ1) is 8.15. The van der Waals surface area contributed by atoms with Crippen LogP contribution in [0.25, 0.3) is 0 Å². The van der Waals surface area contributed by atoms with Gasteiger partial charge in [0, 0.05) is 6.20 Å². The van der Waals surface area contributed by atoms with Crippen molar-refractivity contribution in [2.45, 2.75) is 6.42 Å². The van der Waals surface area contributed by atoms with Crippen LogP contribution in [0.1, 0.15) is 21.6 Å². The lowest BCUT2D eigenvalue weighted by molar-refractivity contribution is 0.0995. The van der Waals surface area contributed by atoms with Crippen LogP contribution < -0.4 is 5.73 Å². The standard InChI is InChI=1S/C13H11FN2O/c14-11-3-1-9(2-4-11)7-10-5-6-16-12(8-10)13(15)17/h1-6,8H,7H2,(H2,15,17). The van der Waals surface area contributed by atoms with Gasteiger partial charge in [0.25, 0.3) is 5.91 Å². The molecule has 0 saturated carbocycles. The molecule has 0 aliphatic carbocycles. The van der Waals surface area contributed by atoms with Crippen molar-refractivity contribution in [1.29, 1.82) is 0 Å². The van der Waals surface area contributed by atoms with E-state index in [9.17, 15) is 9.18 Å². The van der Waals surface area contributed by atoms with Crippen LogP contribution in [0.5, 0.6) is 0 Å². The maximum absolute atomic E-state index is 12.7. The molecular weight excluding hydrogens is 219 g/mol. The number of hydrogen-bond acceptors (Lipinski definition) is 2. The van der Waals surface area contributed by atoms with Crippen LogP contribution in [0.3, 0.4) is 0 Å². The van der Waals surface area contributed by atoms with Gasteiger partial charge >= 0.3 is 0 Å². The molecule has 4 heteroatoms. The molecule has 2 aromatic rings. The monoisotopic (exact) mass is 230 g/mol. The first-order valence-corrected chi connectivity index (χ1v) is 5.14. The Hall–Kier alpha value is -2.23. The summed E-state index contributed by atoms with van der Waals surface area (Å²) >= 11 is 0. The lowest BCUT2D eigenvalue weighted by Gasteiger charge is -2.03. The number of amides is 1. The minimum atomic E-state index is -0.550. The maximum Gasteiger partial charge on any atom is 0.267 e. The molecule has 0 bridgehead atoms. The molecule has 1 aromatic carbocycles. The molecule has 0 aliphatic rings. The molecule has 1 heterocycles. The molecule has 0 atom stereocenters. The Morgan fingerprint density at radius 1 is 1.18 bits per heavy atom. The predicted molar refractivity (Wildman–Crippen MR) is 62.0 cm³/mol. The smallest absolute Gasteiger partial charge is 0.267 e. The van der Waals surface area contributed by atoms with Gasteiger partial charge in [-0.1, -0.05) is 12.1 Å². The Kier molecular flexibility index (Phi) is 3.14. The van der Waals surface area contributed by atoms with Gasteiger partial charge in [-0.05, 0) is 41.8 Å². The molecule has 2 rings (SSSR count). The molecule has 0 spiro atoms. The van der Waals surface area contributed by atoms with Crippen LogP contribution in [0.15, 0.2) is 42.6 Å². The average Bonchev–Trinajstić information content (AvgIpc) is 2.32. The normalized spacial score (nSPS) is 10.2. The van der Waals surface area contributed by atoms with Crippen molar-refractivity contribution in [3.05, 3.63) is 65.2 Å². The summed E-state index contributed by atoms with van der Waals surface area (Å²) in [4.78, 5) is 14.8. The van der Waals surface area contributed by atoms with Gasteiger partial charge in [0.15, 0.2) is 0 Å². The van der Waals surface area contributed by atoms with Crippen LogP contribution in [0.2, 0.25) is 0 Å². The predicted octanol–water partition coefficient (Wildman–Crippen LogP) is 1.91. The highest BCUT2D eigenvalue weighted by atomic mass is 19.1. The number of pyridine rings is 1. The Morgan fingerprint density at radius 3 is 2.53 bits per heavy atom. The number of carbonyl (C=O) groups excluding carboxylic acids is 1.